The van der Waals surface area contributed by atoms with Crippen LogP contribution in [0, 0.1) is 5.41 Å². The number of carbonyl (C=O) groups excluding carboxylic acids is 2. The number of carbonyl (C=O) groups is 2. The van der Waals surface area contributed by atoms with Crippen molar-refractivity contribution in [2.45, 2.75) is 33.1 Å². The van der Waals surface area contributed by atoms with Gasteiger partial charge in [0.1, 0.15) is 0 Å². The van der Waals surface area contributed by atoms with Crippen LogP contribution in [0.25, 0.3) is 0 Å². The Morgan fingerprint density at radius 2 is 2.11 bits per heavy atom. The summed E-state index contributed by atoms with van der Waals surface area (Å²) in [5.74, 6) is -0.292. The Kier molecular flexibility index (Phi) is 3.60. The molecule has 1 aliphatic rings. The maximum Gasteiger partial charge on any atom is 0.248 e. The zero-order valence-electron chi connectivity index (χ0n) is 11.5. The second kappa shape index (κ2) is 5.03. The van der Waals surface area contributed by atoms with Gasteiger partial charge in [-0.15, -0.1) is 0 Å². The van der Waals surface area contributed by atoms with E-state index in [9.17, 15) is 9.59 Å². The van der Waals surface area contributed by atoms with Gasteiger partial charge in [0.2, 0.25) is 11.8 Å². The zero-order valence-corrected chi connectivity index (χ0v) is 11.5. The molecule has 3 N–H and O–H groups in total. The van der Waals surface area contributed by atoms with E-state index in [1.807, 2.05) is 26.0 Å². The van der Waals surface area contributed by atoms with Gasteiger partial charge in [0.05, 0.1) is 5.41 Å². The molecule has 0 aliphatic heterocycles. The van der Waals surface area contributed by atoms with E-state index in [2.05, 4.69) is 5.32 Å². The fraction of sp³-hybridized carbons (Fsp3) is 0.467. The van der Waals surface area contributed by atoms with Gasteiger partial charge in [-0.3, -0.25) is 9.59 Å². The molecule has 1 atom stereocenters. The standard InChI is InChI=1S/C15H20N2O2/c1-3-17-14(19)15(2)7-6-10-8-11(13(16)18)4-5-12(10)9-15/h4-5,8H,3,6-7,9H2,1-2H3,(H2,16,18)(H,17,19). The van der Waals surface area contributed by atoms with Crippen LogP contribution in [0.2, 0.25) is 0 Å². The van der Waals surface area contributed by atoms with E-state index in [4.69, 9.17) is 5.73 Å². The van der Waals surface area contributed by atoms with Crippen molar-refractivity contribution in [1.82, 2.24) is 5.32 Å². The van der Waals surface area contributed by atoms with Crippen LogP contribution < -0.4 is 11.1 Å². The molecule has 0 radical (unpaired) electrons. The molecule has 1 aliphatic carbocycles. The van der Waals surface area contributed by atoms with E-state index in [1.54, 1.807) is 6.07 Å². The average Bonchev–Trinajstić information content (AvgIpc) is 2.38. The van der Waals surface area contributed by atoms with E-state index in [0.29, 0.717) is 18.5 Å². The van der Waals surface area contributed by atoms with Gasteiger partial charge in [0, 0.05) is 12.1 Å². The Morgan fingerprint density at radius 1 is 1.37 bits per heavy atom. The van der Waals surface area contributed by atoms with E-state index in [0.717, 1.165) is 24.0 Å². The van der Waals surface area contributed by atoms with Crippen molar-refractivity contribution in [3.8, 4) is 0 Å². The topological polar surface area (TPSA) is 72.2 Å². The van der Waals surface area contributed by atoms with Gasteiger partial charge in [0.25, 0.3) is 0 Å². The molecule has 1 aromatic rings. The molecule has 2 amide bonds. The Labute approximate surface area is 113 Å². The lowest BCUT2D eigenvalue weighted by Gasteiger charge is -2.33. The van der Waals surface area contributed by atoms with Crippen LogP contribution in [-0.2, 0) is 17.6 Å². The Balaban J connectivity index is 2.25. The molecule has 1 aromatic carbocycles. The number of primary amides is 1. The minimum atomic E-state index is -0.403. The summed E-state index contributed by atoms with van der Waals surface area (Å²) in [6.45, 7) is 4.59. The van der Waals surface area contributed by atoms with Crippen molar-refractivity contribution < 1.29 is 9.59 Å². The van der Waals surface area contributed by atoms with E-state index < -0.39 is 5.91 Å². The lowest BCUT2D eigenvalue weighted by Crippen LogP contribution is -2.42. The van der Waals surface area contributed by atoms with Crippen molar-refractivity contribution in [3.63, 3.8) is 0 Å². The summed E-state index contributed by atoms with van der Waals surface area (Å²) in [6, 6.07) is 5.52. The number of fused-ring (bicyclic) bond motifs is 1. The Hall–Kier alpha value is -1.84. The number of aryl methyl sites for hydroxylation is 1. The molecule has 0 saturated heterocycles. The zero-order chi connectivity index (χ0) is 14.0. The van der Waals surface area contributed by atoms with Gasteiger partial charge in [0.15, 0.2) is 0 Å². The number of hydrogen-bond acceptors (Lipinski definition) is 2. The number of rotatable bonds is 3. The lowest BCUT2D eigenvalue weighted by molar-refractivity contribution is -0.130. The number of hydrogen-bond donors (Lipinski definition) is 2. The first-order chi connectivity index (χ1) is 8.96. The van der Waals surface area contributed by atoms with E-state index >= 15 is 0 Å². The van der Waals surface area contributed by atoms with Gasteiger partial charge in [-0.2, -0.15) is 0 Å². The molecule has 0 bridgehead atoms. The minimum absolute atomic E-state index is 0.111. The van der Waals surface area contributed by atoms with Gasteiger partial charge < -0.3 is 11.1 Å². The summed E-state index contributed by atoms with van der Waals surface area (Å²) < 4.78 is 0. The summed E-state index contributed by atoms with van der Waals surface area (Å²) in [5, 5.41) is 2.90. The van der Waals surface area contributed by atoms with Crippen LogP contribution in [0.1, 0.15) is 41.8 Å². The summed E-state index contributed by atoms with van der Waals surface area (Å²) in [5.41, 5.74) is 7.76. The quantitative estimate of drug-likeness (QED) is 0.862. The van der Waals surface area contributed by atoms with Gasteiger partial charge in [-0.25, -0.2) is 0 Å². The lowest BCUT2D eigenvalue weighted by atomic mass is 9.72. The van der Waals surface area contributed by atoms with Gasteiger partial charge >= 0.3 is 0 Å². The van der Waals surface area contributed by atoms with Crippen LogP contribution >= 0.6 is 0 Å². The van der Waals surface area contributed by atoms with Crippen LogP contribution in [0.4, 0.5) is 0 Å². The fourth-order valence-electron chi connectivity index (χ4n) is 2.67. The summed E-state index contributed by atoms with van der Waals surface area (Å²) in [4.78, 5) is 23.3. The smallest absolute Gasteiger partial charge is 0.248 e. The number of nitrogens with one attached hydrogen (secondary N) is 1. The Bertz CT molecular complexity index is 525. The molecule has 0 aromatic heterocycles. The predicted molar refractivity (Wildman–Crippen MR) is 73.8 cm³/mol. The van der Waals surface area contributed by atoms with Crippen molar-refractivity contribution in [2.75, 3.05) is 6.54 Å². The highest BCUT2D eigenvalue weighted by atomic mass is 16.2. The van der Waals surface area contributed by atoms with Gasteiger partial charge in [-0.05, 0) is 49.4 Å². The molecule has 0 spiro atoms. The van der Waals surface area contributed by atoms with Crippen molar-refractivity contribution in [2.24, 2.45) is 11.1 Å². The van der Waals surface area contributed by atoms with Crippen molar-refractivity contribution >= 4 is 11.8 Å². The third-order valence-corrected chi connectivity index (χ3v) is 3.90. The monoisotopic (exact) mass is 260 g/mol. The van der Waals surface area contributed by atoms with Crippen LogP contribution in [-0.4, -0.2) is 18.4 Å². The molecule has 4 nitrogen and oxygen atoms in total. The largest absolute Gasteiger partial charge is 0.366 e. The first-order valence-corrected chi connectivity index (χ1v) is 6.66. The van der Waals surface area contributed by atoms with Crippen molar-refractivity contribution in [3.05, 3.63) is 34.9 Å². The second-order valence-corrected chi connectivity index (χ2v) is 5.44. The Morgan fingerprint density at radius 3 is 2.74 bits per heavy atom. The average molecular weight is 260 g/mol. The van der Waals surface area contributed by atoms with Crippen molar-refractivity contribution in [1.29, 1.82) is 0 Å². The number of amides is 2. The highest BCUT2D eigenvalue weighted by Gasteiger charge is 2.36. The summed E-state index contributed by atoms with van der Waals surface area (Å²) in [7, 11) is 0. The van der Waals surface area contributed by atoms with Crippen LogP contribution in [0.5, 0.6) is 0 Å². The maximum atomic E-state index is 12.1. The first kappa shape index (κ1) is 13.6. The molecule has 19 heavy (non-hydrogen) atoms. The SMILES string of the molecule is CCNC(=O)C1(C)CCc2cc(C(N)=O)ccc2C1. The highest BCUT2D eigenvalue weighted by molar-refractivity contribution is 5.93. The normalized spacial score (nSPS) is 21.6. The molecule has 1 unspecified atom stereocenters. The molecule has 0 saturated carbocycles. The molecular weight excluding hydrogens is 240 g/mol. The third-order valence-electron chi connectivity index (χ3n) is 3.90. The molecule has 4 heteroatoms. The molecule has 2 rings (SSSR count). The molecule has 102 valence electrons. The van der Waals surface area contributed by atoms with Gasteiger partial charge in [-0.1, -0.05) is 13.0 Å². The fourth-order valence-corrected chi connectivity index (χ4v) is 2.67. The third kappa shape index (κ3) is 2.62. The van der Waals surface area contributed by atoms with E-state index in [1.165, 1.54) is 0 Å². The summed E-state index contributed by atoms with van der Waals surface area (Å²) in [6.07, 6.45) is 2.32. The van der Waals surface area contributed by atoms with Crippen LogP contribution in [0.3, 0.4) is 0 Å². The highest BCUT2D eigenvalue weighted by Crippen LogP contribution is 2.35. The number of nitrogens with two attached hydrogens (primary N) is 1. The maximum absolute atomic E-state index is 12.1. The molecule has 0 heterocycles. The molecule has 0 fully saturated rings. The predicted octanol–water partition coefficient (Wildman–Crippen LogP) is 1.42. The second-order valence-electron chi connectivity index (χ2n) is 5.44. The summed E-state index contributed by atoms with van der Waals surface area (Å²) >= 11 is 0. The first-order valence-electron chi connectivity index (χ1n) is 6.66. The van der Waals surface area contributed by atoms with E-state index in [-0.39, 0.29) is 11.3 Å². The van der Waals surface area contributed by atoms with Crippen LogP contribution in [0.15, 0.2) is 18.2 Å². The number of benzene rings is 1. The molecular formula is C15H20N2O2. The minimum Gasteiger partial charge on any atom is -0.366 e.